The normalized spacial score (nSPS) is 18.9. The summed E-state index contributed by atoms with van der Waals surface area (Å²) in [5.74, 6) is 6.16. The molecule has 1 fully saturated rings. The van der Waals surface area contributed by atoms with Gasteiger partial charge in [-0.05, 0) is 19.3 Å². The number of nitrogens with one attached hydrogen (secondary N) is 1. The average Bonchev–Trinajstić information content (AvgIpc) is 2.69. The van der Waals surface area contributed by atoms with Crippen LogP contribution in [0.5, 0.6) is 0 Å². The van der Waals surface area contributed by atoms with Gasteiger partial charge in [0.2, 0.25) is 0 Å². The van der Waals surface area contributed by atoms with Crippen molar-refractivity contribution in [2.75, 3.05) is 13.2 Å². The van der Waals surface area contributed by atoms with Crippen molar-refractivity contribution in [1.29, 1.82) is 0 Å². The fourth-order valence-electron chi connectivity index (χ4n) is 1.68. The molecule has 4 nitrogen and oxygen atoms in total. The Labute approximate surface area is 85.9 Å². The summed E-state index contributed by atoms with van der Waals surface area (Å²) in [5.41, 5.74) is 2.61. The summed E-state index contributed by atoms with van der Waals surface area (Å²) in [4.78, 5) is 4.52. The molecule has 1 aliphatic carbocycles. The summed E-state index contributed by atoms with van der Waals surface area (Å²) < 4.78 is 5.37. The quantitative estimate of drug-likeness (QED) is 0.230. The third-order valence-corrected chi connectivity index (χ3v) is 2.42. The number of amidine groups is 1. The smallest absolute Gasteiger partial charge is 0.137 e. The lowest BCUT2D eigenvalue weighted by Crippen LogP contribution is -2.35. The number of hydrazine groups is 1. The van der Waals surface area contributed by atoms with Gasteiger partial charge in [-0.1, -0.05) is 19.8 Å². The lowest BCUT2D eigenvalue weighted by molar-refractivity contribution is 0.170. The Morgan fingerprint density at radius 1 is 1.50 bits per heavy atom. The highest BCUT2D eigenvalue weighted by Crippen LogP contribution is 2.20. The van der Waals surface area contributed by atoms with E-state index in [-0.39, 0.29) is 0 Å². The number of rotatable bonds is 5. The van der Waals surface area contributed by atoms with Crippen LogP contribution in [0, 0.1) is 0 Å². The predicted molar refractivity (Wildman–Crippen MR) is 58.1 cm³/mol. The third-order valence-electron chi connectivity index (χ3n) is 2.42. The Kier molecular flexibility index (Phi) is 5.56. The minimum Gasteiger partial charge on any atom is -0.374 e. The van der Waals surface area contributed by atoms with Crippen molar-refractivity contribution in [3.63, 3.8) is 0 Å². The molecule has 0 radical (unpaired) electrons. The molecule has 82 valence electrons. The van der Waals surface area contributed by atoms with E-state index in [0.717, 1.165) is 18.9 Å². The van der Waals surface area contributed by atoms with Gasteiger partial charge < -0.3 is 10.2 Å². The van der Waals surface area contributed by atoms with Crippen molar-refractivity contribution >= 4 is 5.84 Å². The van der Waals surface area contributed by atoms with Gasteiger partial charge in [0.15, 0.2) is 0 Å². The van der Waals surface area contributed by atoms with Crippen molar-refractivity contribution in [1.82, 2.24) is 5.43 Å². The summed E-state index contributed by atoms with van der Waals surface area (Å²) >= 11 is 0. The zero-order valence-corrected chi connectivity index (χ0v) is 8.96. The largest absolute Gasteiger partial charge is 0.374 e. The van der Waals surface area contributed by atoms with E-state index in [1.807, 2.05) is 0 Å². The van der Waals surface area contributed by atoms with Crippen molar-refractivity contribution in [2.24, 2.45) is 10.8 Å². The van der Waals surface area contributed by atoms with E-state index < -0.39 is 0 Å². The van der Waals surface area contributed by atoms with E-state index in [9.17, 15) is 0 Å². The monoisotopic (exact) mass is 199 g/mol. The van der Waals surface area contributed by atoms with Crippen molar-refractivity contribution in [2.45, 2.75) is 45.1 Å². The second-order valence-electron chi connectivity index (χ2n) is 3.71. The molecule has 0 aromatic heterocycles. The molecule has 0 aromatic rings. The van der Waals surface area contributed by atoms with Crippen LogP contribution in [0.15, 0.2) is 4.99 Å². The number of ether oxygens (including phenoxy) is 1. The van der Waals surface area contributed by atoms with Crippen LogP contribution in [0.4, 0.5) is 0 Å². The fraction of sp³-hybridized carbons (Fsp3) is 0.900. The SMILES string of the molecule is CCCOCC(=NC1CCCC1)NN. The first kappa shape index (κ1) is 11.5. The van der Waals surface area contributed by atoms with Gasteiger partial charge in [-0.15, -0.1) is 0 Å². The molecule has 0 saturated heterocycles. The van der Waals surface area contributed by atoms with E-state index in [0.29, 0.717) is 12.6 Å². The van der Waals surface area contributed by atoms with Gasteiger partial charge in [0.25, 0.3) is 0 Å². The lowest BCUT2D eigenvalue weighted by Gasteiger charge is -2.09. The molecule has 0 unspecified atom stereocenters. The van der Waals surface area contributed by atoms with Crippen LogP contribution in [0.25, 0.3) is 0 Å². The molecular weight excluding hydrogens is 178 g/mol. The molecule has 0 atom stereocenters. The highest BCUT2D eigenvalue weighted by Gasteiger charge is 2.14. The molecule has 1 aliphatic rings. The van der Waals surface area contributed by atoms with Crippen molar-refractivity contribution < 1.29 is 4.74 Å². The van der Waals surface area contributed by atoms with Gasteiger partial charge in [-0.3, -0.25) is 4.99 Å². The Bertz CT molecular complexity index is 176. The summed E-state index contributed by atoms with van der Waals surface area (Å²) in [7, 11) is 0. The molecule has 0 spiro atoms. The molecule has 3 N–H and O–H groups in total. The number of hydrogen-bond acceptors (Lipinski definition) is 3. The van der Waals surface area contributed by atoms with Gasteiger partial charge in [0, 0.05) is 6.61 Å². The van der Waals surface area contributed by atoms with Crippen LogP contribution in [0.3, 0.4) is 0 Å². The topological polar surface area (TPSA) is 59.6 Å². The van der Waals surface area contributed by atoms with Crippen LogP contribution in [0.2, 0.25) is 0 Å². The van der Waals surface area contributed by atoms with Crippen molar-refractivity contribution in [3.05, 3.63) is 0 Å². The molecular formula is C10H21N3O. The number of nitrogens with zero attached hydrogens (tertiary/aromatic N) is 1. The van der Waals surface area contributed by atoms with Gasteiger partial charge in [0.1, 0.15) is 12.4 Å². The van der Waals surface area contributed by atoms with Gasteiger partial charge in [-0.2, -0.15) is 0 Å². The fourth-order valence-corrected chi connectivity index (χ4v) is 1.68. The third kappa shape index (κ3) is 4.07. The number of nitrogens with two attached hydrogens (primary N) is 1. The van der Waals surface area contributed by atoms with Crippen LogP contribution in [0.1, 0.15) is 39.0 Å². The molecule has 1 rings (SSSR count). The van der Waals surface area contributed by atoms with Gasteiger partial charge in [-0.25, -0.2) is 5.84 Å². The molecule has 0 aromatic carbocycles. The van der Waals surface area contributed by atoms with E-state index in [1.54, 1.807) is 0 Å². The summed E-state index contributed by atoms with van der Waals surface area (Å²) in [6.45, 7) is 3.37. The zero-order valence-electron chi connectivity index (χ0n) is 8.96. The Hall–Kier alpha value is -0.610. The molecule has 0 bridgehead atoms. The molecule has 1 saturated carbocycles. The minimum absolute atomic E-state index is 0.464. The van der Waals surface area contributed by atoms with E-state index in [4.69, 9.17) is 10.6 Å². The van der Waals surface area contributed by atoms with Gasteiger partial charge in [0.05, 0.1) is 6.04 Å². The summed E-state index contributed by atoms with van der Waals surface area (Å²) in [6.07, 6.45) is 6.00. The standard InChI is InChI=1S/C10H21N3O/c1-2-7-14-8-10(13-11)12-9-5-3-4-6-9/h9H,2-8,11H2,1H3,(H,12,13). The maximum Gasteiger partial charge on any atom is 0.137 e. The maximum atomic E-state index is 5.37. The van der Waals surface area contributed by atoms with Crippen LogP contribution < -0.4 is 11.3 Å². The Morgan fingerprint density at radius 2 is 2.21 bits per heavy atom. The number of aliphatic imine (C=N–C) groups is 1. The molecule has 0 heterocycles. The molecule has 0 amide bonds. The zero-order chi connectivity index (χ0) is 10.2. The predicted octanol–water partition coefficient (Wildman–Crippen LogP) is 1.22. The summed E-state index contributed by atoms with van der Waals surface area (Å²) in [5, 5.41) is 0. The first-order chi connectivity index (χ1) is 6.86. The van der Waals surface area contributed by atoms with E-state index in [1.165, 1.54) is 25.7 Å². The second kappa shape index (κ2) is 6.79. The van der Waals surface area contributed by atoms with Crippen LogP contribution in [-0.4, -0.2) is 25.1 Å². The highest BCUT2D eigenvalue weighted by atomic mass is 16.5. The van der Waals surface area contributed by atoms with Crippen LogP contribution >= 0.6 is 0 Å². The Balaban J connectivity index is 2.27. The lowest BCUT2D eigenvalue weighted by atomic mass is 10.3. The van der Waals surface area contributed by atoms with E-state index >= 15 is 0 Å². The first-order valence-electron chi connectivity index (χ1n) is 5.47. The van der Waals surface area contributed by atoms with Gasteiger partial charge >= 0.3 is 0 Å². The first-order valence-corrected chi connectivity index (χ1v) is 5.47. The highest BCUT2D eigenvalue weighted by molar-refractivity contribution is 5.83. The number of hydrogen-bond donors (Lipinski definition) is 2. The molecule has 0 aliphatic heterocycles. The molecule has 4 heteroatoms. The second-order valence-corrected chi connectivity index (χ2v) is 3.71. The maximum absolute atomic E-state index is 5.37. The average molecular weight is 199 g/mol. The molecule has 14 heavy (non-hydrogen) atoms. The Morgan fingerprint density at radius 3 is 2.79 bits per heavy atom. The van der Waals surface area contributed by atoms with Crippen LogP contribution in [-0.2, 0) is 4.74 Å². The minimum atomic E-state index is 0.464. The van der Waals surface area contributed by atoms with Crippen molar-refractivity contribution in [3.8, 4) is 0 Å². The summed E-state index contributed by atoms with van der Waals surface area (Å²) in [6, 6.07) is 0.464. The van der Waals surface area contributed by atoms with E-state index in [2.05, 4.69) is 17.3 Å².